The van der Waals surface area contributed by atoms with E-state index >= 15 is 0 Å². The SMILES string of the molecule is CCCC(C#N)N1CCN(Cc2ccn(C)n2)CC1. The monoisotopic (exact) mass is 261 g/mol. The van der Waals surface area contributed by atoms with Gasteiger partial charge in [0.15, 0.2) is 0 Å². The highest BCUT2D eigenvalue weighted by Gasteiger charge is 2.23. The summed E-state index contributed by atoms with van der Waals surface area (Å²) in [5.74, 6) is 0. The standard InChI is InChI=1S/C14H23N5/c1-3-4-14(11-15)19-9-7-18(8-10-19)12-13-5-6-17(2)16-13/h5-6,14H,3-4,7-10,12H2,1-2H3. The van der Waals surface area contributed by atoms with E-state index in [9.17, 15) is 5.26 Å². The maximum Gasteiger partial charge on any atom is 0.0978 e. The summed E-state index contributed by atoms with van der Waals surface area (Å²) in [4.78, 5) is 4.73. The van der Waals surface area contributed by atoms with Gasteiger partial charge in [-0.05, 0) is 12.5 Å². The van der Waals surface area contributed by atoms with Crippen molar-refractivity contribution in [1.82, 2.24) is 19.6 Å². The molecule has 5 heteroatoms. The van der Waals surface area contributed by atoms with Crippen molar-refractivity contribution < 1.29 is 0 Å². The second kappa shape index (κ2) is 6.69. The van der Waals surface area contributed by atoms with E-state index in [0.717, 1.165) is 51.3 Å². The molecular formula is C14H23N5. The summed E-state index contributed by atoms with van der Waals surface area (Å²) in [6.07, 6.45) is 4.04. The lowest BCUT2D eigenvalue weighted by Crippen LogP contribution is -2.49. The van der Waals surface area contributed by atoms with Gasteiger partial charge >= 0.3 is 0 Å². The molecule has 1 aromatic rings. The molecule has 0 spiro atoms. The molecule has 0 radical (unpaired) electrons. The molecular weight excluding hydrogens is 238 g/mol. The lowest BCUT2D eigenvalue weighted by Gasteiger charge is -2.36. The third-order valence-corrected chi connectivity index (χ3v) is 3.71. The number of hydrogen-bond donors (Lipinski definition) is 0. The molecule has 1 unspecified atom stereocenters. The van der Waals surface area contributed by atoms with Gasteiger partial charge in [-0.3, -0.25) is 14.5 Å². The molecule has 0 N–H and O–H groups in total. The van der Waals surface area contributed by atoms with Gasteiger partial charge in [0.2, 0.25) is 0 Å². The van der Waals surface area contributed by atoms with Gasteiger partial charge < -0.3 is 0 Å². The van der Waals surface area contributed by atoms with Gasteiger partial charge in [0.25, 0.3) is 0 Å². The quantitative estimate of drug-likeness (QED) is 0.800. The molecule has 104 valence electrons. The summed E-state index contributed by atoms with van der Waals surface area (Å²) in [6, 6.07) is 4.60. The fraction of sp³-hybridized carbons (Fsp3) is 0.714. The minimum Gasteiger partial charge on any atom is -0.295 e. The average Bonchev–Trinajstić information content (AvgIpc) is 2.82. The normalized spacial score (nSPS) is 19.2. The van der Waals surface area contributed by atoms with Gasteiger partial charge in [0.05, 0.1) is 17.8 Å². The van der Waals surface area contributed by atoms with Gasteiger partial charge in [-0.2, -0.15) is 10.4 Å². The summed E-state index contributed by atoms with van der Waals surface area (Å²) >= 11 is 0. The summed E-state index contributed by atoms with van der Waals surface area (Å²) in [5, 5.41) is 13.6. The van der Waals surface area contributed by atoms with Crippen LogP contribution in [0.15, 0.2) is 12.3 Å². The van der Waals surface area contributed by atoms with E-state index < -0.39 is 0 Å². The van der Waals surface area contributed by atoms with Crippen LogP contribution in [0.5, 0.6) is 0 Å². The van der Waals surface area contributed by atoms with Crippen LogP contribution in [0.1, 0.15) is 25.5 Å². The molecule has 1 saturated heterocycles. The molecule has 2 heterocycles. The Bertz CT molecular complexity index is 425. The van der Waals surface area contributed by atoms with Crippen LogP contribution in [0.3, 0.4) is 0 Å². The molecule has 0 bridgehead atoms. The van der Waals surface area contributed by atoms with E-state index in [0.29, 0.717) is 0 Å². The van der Waals surface area contributed by atoms with Gasteiger partial charge in [0, 0.05) is 46.0 Å². The number of nitrogens with zero attached hydrogens (tertiary/aromatic N) is 5. The van der Waals surface area contributed by atoms with Crippen molar-refractivity contribution in [2.24, 2.45) is 7.05 Å². The zero-order valence-electron chi connectivity index (χ0n) is 11.9. The molecule has 1 aliphatic heterocycles. The van der Waals surface area contributed by atoms with Gasteiger partial charge in [-0.15, -0.1) is 0 Å². The van der Waals surface area contributed by atoms with Crippen molar-refractivity contribution in [3.63, 3.8) is 0 Å². The molecule has 1 aromatic heterocycles. The molecule has 1 fully saturated rings. The predicted molar refractivity (Wildman–Crippen MR) is 74.4 cm³/mol. The third kappa shape index (κ3) is 3.79. The zero-order valence-corrected chi connectivity index (χ0v) is 11.9. The number of hydrogen-bond acceptors (Lipinski definition) is 4. The highest BCUT2D eigenvalue weighted by Crippen LogP contribution is 2.12. The second-order valence-corrected chi connectivity index (χ2v) is 5.23. The maximum atomic E-state index is 9.20. The van der Waals surface area contributed by atoms with Crippen LogP contribution in [-0.2, 0) is 13.6 Å². The minimum atomic E-state index is 0.0991. The first-order valence-corrected chi connectivity index (χ1v) is 7.07. The first-order valence-electron chi connectivity index (χ1n) is 7.07. The van der Waals surface area contributed by atoms with Crippen molar-refractivity contribution in [2.45, 2.75) is 32.4 Å². The zero-order chi connectivity index (χ0) is 13.7. The van der Waals surface area contributed by atoms with E-state index in [1.54, 1.807) is 0 Å². The first-order chi connectivity index (χ1) is 9.22. The highest BCUT2D eigenvalue weighted by molar-refractivity contribution is 4.99. The third-order valence-electron chi connectivity index (χ3n) is 3.71. The molecule has 1 aliphatic rings. The van der Waals surface area contributed by atoms with Gasteiger partial charge in [0.1, 0.15) is 0 Å². The predicted octanol–water partition coefficient (Wildman–Crippen LogP) is 1.23. The largest absolute Gasteiger partial charge is 0.295 e. The van der Waals surface area contributed by atoms with E-state index in [-0.39, 0.29) is 6.04 Å². The summed E-state index contributed by atoms with van der Waals surface area (Å²) in [7, 11) is 1.95. The summed E-state index contributed by atoms with van der Waals surface area (Å²) in [6.45, 7) is 7.09. The topological polar surface area (TPSA) is 48.1 Å². The van der Waals surface area contributed by atoms with Gasteiger partial charge in [-0.1, -0.05) is 13.3 Å². The summed E-state index contributed by atoms with van der Waals surface area (Å²) in [5.41, 5.74) is 1.13. The Labute approximate surface area is 115 Å². The Hall–Kier alpha value is -1.38. The van der Waals surface area contributed by atoms with Crippen molar-refractivity contribution in [2.75, 3.05) is 26.2 Å². The fourth-order valence-corrected chi connectivity index (χ4v) is 2.61. The average molecular weight is 261 g/mol. The molecule has 2 rings (SSSR count). The highest BCUT2D eigenvalue weighted by atomic mass is 15.3. The number of piperazine rings is 1. The van der Waals surface area contributed by atoms with Crippen LogP contribution in [0, 0.1) is 11.3 Å². The van der Waals surface area contributed by atoms with E-state index in [4.69, 9.17) is 0 Å². The van der Waals surface area contributed by atoms with Crippen LogP contribution >= 0.6 is 0 Å². The number of aryl methyl sites for hydroxylation is 1. The Morgan fingerprint density at radius 1 is 1.37 bits per heavy atom. The lowest BCUT2D eigenvalue weighted by atomic mass is 10.1. The maximum absolute atomic E-state index is 9.20. The van der Waals surface area contributed by atoms with Gasteiger partial charge in [-0.25, -0.2) is 0 Å². The van der Waals surface area contributed by atoms with Crippen molar-refractivity contribution in [3.8, 4) is 6.07 Å². The smallest absolute Gasteiger partial charge is 0.0978 e. The molecule has 0 aliphatic carbocycles. The Balaban J connectivity index is 1.80. The number of nitriles is 1. The van der Waals surface area contributed by atoms with Crippen LogP contribution in [0.25, 0.3) is 0 Å². The van der Waals surface area contributed by atoms with Crippen molar-refractivity contribution >= 4 is 0 Å². The van der Waals surface area contributed by atoms with Crippen molar-refractivity contribution in [3.05, 3.63) is 18.0 Å². The van der Waals surface area contributed by atoms with Crippen molar-refractivity contribution in [1.29, 1.82) is 5.26 Å². The van der Waals surface area contributed by atoms with Crippen LogP contribution in [-0.4, -0.2) is 51.8 Å². The molecule has 0 saturated carbocycles. The molecule has 5 nitrogen and oxygen atoms in total. The second-order valence-electron chi connectivity index (χ2n) is 5.23. The number of rotatable bonds is 5. The Morgan fingerprint density at radius 3 is 2.63 bits per heavy atom. The molecule has 1 atom stereocenters. The van der Waals surface area contributed by atoms with Crippen LogP contribution in [0.4, 0.5) is 0 Å². The number of aromatic nitrogens is 2. The Kier molecular flexibility index (Phi) is 4.94. The Morgan fingerprint density at radius 2 is 2.11 bits per heavy atom. The lowest BCUT2D eigenvalue weighted by molar-refractivity contribution is 0.105. The van der Waals surface area contributed by atoms with Crippen LogP contribution in [0.2, 0.25) is 0 Å². The molecule has 0 aromatic carbocycles. The van der Waals surface area contributed by atoms with E-state index in [1.807, 2.05) is 17.9 Å². The molecule has 0 amide bonds. The summed E-state index contributed by atoms with van der Waals surface area (Å²) < 4.78 is 1.85. The van der Waals surface area contributed by atoms with E-state index in [2.05, 4.69) is 34.0 Å². The fourth-order valence-electron chi connectivity index (χ4n) is 2.61. The van der Waals surface area contributed by atoms with E-state index in [1.165, 1.54) is 0 Å². The first kappa shape index (κ1) is 14.0. The van der Waals surface area contributed by atoms with Crippen LogP contribution < -0.4 is 0 Å². The minimum absolute atomic E-state index is 0.0991. The molecule has 19 heavy (non-hydrogen) atoms.